The van der Waals surface area contributed by atoms with Crippen LogP contribution in [0.5, 0.6) is 0 Å². The van der Waals surface area contributed by atoms with Gasteiger partial charge in [0, 0.05) is 18.2 Å². The molecule has 0 unspecified atom stereocenters. The largest absolute Gasteiger partial charge is 0.383 e. The van der Waals surface area contributed by atoms with Crippen molar-refractivity contribution in [2.45, 2.75) is 50.9 Å². The number of nitrogens with zero attached hydrogens (tertiary/aromatic N) is 2. The van der Waals surface area contributed by atoms with E-state index in [1.807, 2.05) is 44.2 Å². The Balaban J connectivity index is 1.54. The van der Waals surface area contributed by atoms with Crippen LogP contribution >= 0.6 is 0 Å². The highest BCUT2D eigenvalue weighted by molar-refractivity contribution is 5.24. The Kier molecular flexibility index (Phi) is 4.75. The lowest BCUT2D eigenvalue weighted by Gasteiger charge is -2.27. The van der Waals surface area contributed by atoms with E-state index in [1.54, 1.807) is 16.8 Å². The first kappa shape index (κ1) is 18.2. The Morgan fingerprint density at radius 1 is 1.26 bits per heavy atom. The number of rotatable bonds is 5. The van der Waals surface area contributed by atoms with Crippen molar-refractivity contribution < 1.29 is 14.2 Å². The highest BCUT2D eigenvalue weighted by atomic mass is 16.8. The third-order valence-electron chi connectivity index (χ3n) is 5.24. The van der Waals surface area contributed by atoms with Crippen LogP contribution in [0.1, 0.15) is 31.9 Å². The van der Waals surface area contributed by atoms with Gasteiger partial charge in [-0.15, -0.1) is 0 Å². The van der Waals surface area contributed by atoms with E-state index in [4.69, 9.17) is 19.9 Å². The summed E-state index contributed by atoms with van der Waals surface area (Å²) in [4.78, 5) is 16.2. The van der Waals surface area contributed by atoms with Crippen LogP contribution in [0.15, 0.2) is 47.4 Å². The number of nitrogen functional groups attached to an aromatic ring is 1. The molecule has 4 atom stereocenters. The average molecular weight is 371 g/mol. The van der Waals surface area contributed by atoms with Crippen LogP contribution in [0.4, 0.5) is 5.82 Å². The lowest BCUT2D eigenvalue weighted by molar-refractivity contribution is -0.162. The maximum Gasteiger partial charge on any atom is 0.349 e. The summed E-state index contributed by atoms with van der Waals surface area (Å²) in [5.41, 5.74) is 6.39. The fourth-order valence-corrected chi connectivity index (χ4v) is 4.13. The van der Waals surface area contributed by atoms with Gasteiger partial charge in [0.25, 0.3) is 0 Å². The fraction of sp³-hybridized carbons (Fsp3) is 0.500. The van der Waals surface area contributed by atoms with E-state index in [-0.39, 0.29) is 35.7 Å². The van der Waals surface area contributed by atoms with Crippen molar-refractivity contribution in [3.8, 4) is 0 Å². The Morgan fingerprint density at radius 3 is 2.78 bits per heavy atom. The molecule has 0 radical (unpaired) electrons. The van der Waals surface area contributed by atoms with Gasteiger partial charge in [-0.05, 0) is 31.9 Å². The zero-order chi connectivity index (χ0) is 19.0. The maximum atomic E-state index is 12.4. The molecule has 1 saturated heterocycles. The van der Waals surface area contributed by atoms with Gasteiger partial charge in [0.2, 0.25) is 0 Å². The van der Waals surface area contributed by atoms with Crippen molar-refractivity contribution in [2.75, 3.05) is 12.3 Å². The molecule has 0 bridgehead atoms. The minimum absolute atomic E-state index is 0.0105. The molecule has 7 nitrogen and oxygen atoms in total. The fourth-order valence-electron chi connectivity index (χ4n) is 4.13. The SMILES string of the molecule is CC1(C)O[C@@H]2[C@@H](COCc3ccccc3)[C@@H](n3ccc(N)nc3=O)C[C@@H]2O1. The molecule has 4 rings (SSSR count). The minimum atomic E-state index is -0.623. The number of hydrogen-bond acceptors (Lipinski definition) is 6. The van der Waals surface area contributed by atoms with Gasteiger partial charge in [-0.25, -0.2) is 4.79 Å². The molecule has 2 heterocycles. The number of fused-ring (bicyclic) bond motifs is 1. The minimum Gasteiger partial charge on any atom is -0.383 e. The van der Waals surface area contributed by atoms with Crippen molar-refractivity contribution in [1.82, 2.24) is 9.55 Å². The summed E-state index contributed by atoms with van der Waals surface area (Å²) in [6, 6.07) is 11.6. The Hall–Kier alpha value is -2.22. The zero-order valence-electron chi connectivity index (χ0n) is 15.6. The van der Waals surface area contributed by atoms with E-state index in [9.17, 15) is 4.79 Å². The summed E-state index contributed by atoms with van der Waals surface area (Å²) in [5, 5.41) is 0. The lowest BCUT2D eigenvalue weighted by atomic mass is 10.0. The molecular formula is C20H25N3O4. The monoisotopic (exact) mass is 371 g/mol. The molecule has 0 amide bonds. The van der Waals surface area contributed by atoms with Crippen molar-refractivity contribution in [3.05, 3.63) is 58.6 Å². The molecule has 27 heavy (non-hydrogen) atoms. The third kappa shape index (κ3) is 3.76. The summed E-state index contributed by atoms with van der Waals surface area (Å²) in [5.74, 6) is -0.411. The van der Waals surface area contributed by atoms with Gasteiger partial charge < -0.3 is 19.9 Å². The lowest BCUT2D eigenvalue weighted by Crippen LogP contribution is -2.36. The number of ether oxygens (including phenoxy) is 3. The summed E-state index contributed by atoms with van der Waals surface area (Å²) in [6.07, 6.45) is 2.19. The Bertz CT molecular complexity index is 852. The second-order valence-electron chi connectivity index (χ2n) is 7.65. The molecule has 2 fully saturated rings. The molecular weight excluding hydrogens is 346 g/mol. The van der Waals surface area contributed by atoms with E-state index in [0.29, 0.717) is 19.6 Å². The highest BCUT2D eigenvalue weighted by Crippen LogP contribution is 2.46. The number of hydrogen-bond donors (Lipinski definition) is 1. The van der Waals surface area contributed by atoms with Crippen LogP contribution in [0.2, 0.25) is 0 Å². The Morgan fingerprint density at radius 2 is 2.04 bits per heavy atom. The predicted molar refractivity (Wildman–Crippen MR) is 100.0 cm³/mol. The van der Waals surface area contributed by atoms with E-state index in [2.05, 4.69) is 4.98 Å². The van der Waals surface area contributed by atoms with Crippen molar-refractivity contribution in [3.63, 3.8) is 0 Å². The Labute approximate surface area is 158 Å². The number of nitrogens with two attached hydrogens (primary N) is 1. The van der Waals surface area contributed by atoms with Gasteiger partial charge in [0.05, 0.1) is 25.4 Å². The molecule has 7 heteroatoms. The van der Waals surface area contributed by atoms with Crippen molar-refractivity contribution in [1.29, 1.82) is 0 Å². The van der Waals surface area contributed by atoms with Crippen LogP contribution in [0.25, 0.3) is 0 Å². The number of aromatic nitrogens is 2. The second-order valence-corrected chi connectivity index (χ2v) is 7.65. The average Bonchev–Trinajstić information content (AvgIpc) is 3.08. The molecule has 0 spiro atoms. The smallest absolute Gasteiger partial charge is 0.349 e. The maximum absolute atomic E-state index is 12.4. The van der Waals surface area contributed by atoms with E-state index < -0.39 is 5.79 Å². The highest BCUT2D eigenvalue weighted by Gasteiger charge is 2.54. The predicted octanol–water partition coefficient (Wildman–Crippen LogP) is 2.12. The summed E-state index contributed by atoms with van der Waals surface area (Å²) < 4.78 is 19.8. The molecule has 2 aliphatic rings. The van der Waals surface area contributed by atoms with Gasteiger partial charge in [-0.3, -0.25) is 4.57 Å². The van der Waals surface area contributed by atoms with Gasteiger partial charge in [-0.1, -0.05) is 30.3 Å². The summed E-state index contributed by atoms with van der Waals surface area (Å²) in [7, 11) is 0. The zero-order valence-corrected chi connectivity index (χ0v) is 15.6. The van der Waals surface area contributed by atoms with Gasteiger partial charge in [-0.2, -0.15) is 4.98 Å². The van der Waals surface area contributed by atoms with Gasteiger partial charge in [0.1, 0.15) is 5.82 Å². The van der Waals surface area contributed by atoms with Crippen LogP contribution in [-0.4, -0.2) is 34.2 Å². The third-order valence-corrected chi connectivity index (χ3v) is 5.24. The number of benzene rings is 1. The van der Waals surface area contributed by atoms with Gasteiger partial charge in [0.15, 0.2) is 5.79 Å². The summed E-state index contributed by atoms with van der Waals surface area (Å²) >= 11 is 0. The first-order valence-electron chi connectivity index (χ1n) is 9.25. The quantitative estimate of drug-likeness (QED) is 0.866. The van der Waals surface area contributed by atoms with Crippen LogP contribution in [-0.2, 0) is 20.8 Å². The van der Waals surface area contributed by atoms with Crippen LogP contribution < -0.4 is 11.4 Å². The second kappa shape index (κ2) is 7.07. The normalized spacial score (nSPS) is 29.0. The molecule has 2 N–H and O–H groups in total. The molecule has 1 aliphatic heterocycles. The summed E-state index contributed by atoms with van der Waals surface area (Å²) in [6.45, 7) is 4.82. The number of anilines is 1. The molecule has 144 valence electrons. The van der Waals surface area contributed by atoms with Gasteiger partial charge >= 0.3 is 5.69 Å². The van der Waals surface area contributed by atoms with Crippen LogP contribution in [0, 0.1) is 5.92 Å². The standard InChI is InChI=1S/C20H25N3O4/c1-20(2)26-16-10-15(23-9-8-17(21)22-19(23)24)14(18(16)27-20)12-25-11-13-6-4-3-5-7-13/h3-9,14-16,18H,10-12H2,1-2H3,(H2,21,22,24)/t14-,15-,16-,18+/m0/s1. The molecule has 2 aromatic rings. The van der Waals surface area contributed by atoms with Crippen molar-refractivity contribution in [2.24, 2.45) is 5.92 Å². The van der Waals surface area contributed by atoms with E-state index in [1.165, 1.54) is 0 Å². The first-order valence-corrected chi connectivity index (χ1v) is 9.25. The molecule has 1 aromatic carbocycles. The van der Waals surface area contributed by atoms with E-state index in [0.717, 1.165) is 5.56 Å². The molecule has 1 aliphatic carbocycles. The molecule has 1 aromatic heterocycles. The van der Waals surface area contributed by atoms with E-state index >= 15 is 0 Å². The molecule has 1 saturated carbocycles. The van der Waals surface area contributed by atoms with Crippen molar-refractivity contribution >= 4 is 5.82 Å². The topological polar surface area (TPSA) is 88.6 Å². The van der Waals surface area contributed by atoms with Crippen LogP contribution in [0.3, 0.4) is 0 Å². The first-order chi connectivity index (χ1) is 12.9.